The van der Waals surface area contributed by atoms with E-state index in [0.717, 1.165) is 28.8 Å². The van der Waals surface area contributed by atoms with Crippen molar-refractivity contribution in [2.45, 2.75) is 19.1 Å². The minimum atomic E-state index is 0.0569. The van der Waals surface area contributed by atoms with Gasteiger partial charge in [0.25, 0.3) is 0 Å². The molecule has 1 aromatic carbocycles. The van der Waals surface area contributed by atoms with Gasteiger partial charge in [0, 0.05) is 25.8 Å². The fourth-order valence-corrected chi connectivity index (χ4v) is 3.75. The summed E-state index contributed by atoms with van der Waals surface area (Å²) >= 11 is 7.78. The molecule has 3 rings (SSSR count). The normalized spacial score (nSPS) is 22.0. The molecule has 1 aliphatic rings. The highest BCUT2D eigenvalue weighted by atomic mass is 35.5. The van der Waals surface area contributed by atoms with Gasteiger partial charge in [-0.3, -0.25) is 0 Å². The van der Waals surface area contributed by atoms with E-state index >= 15 is 0 Å². The number of halogens is 1. The van der Waals surface area contributed by atoms with Crippen LogP contribution in [0.1, 0.15) is 6.92 Å². The van der Waals surface area contributed by atoms with Crippen LogP contribution < -0.4 is 4.90 Å². The van der Waals surface area contributed by atoms with Crippen molar-refractivity contribution in [3.63, 3.8) is 0 Å². The van der Waals surface area contributed by atoms with Gasteiger partial charge in [-0.15, -0.1) is 10.2 Å². The molecule has 0 N–H and O–H groups in total. The first-order valence-corrected chi connectivity index (χ1v) is 8.34. The molecular formula is C15H18ClN3O2S. The molecule has 1 saturated heterocycles. The number of morpholine rings is 1. The summed E-state index contributed by atoms with van der Waals surface area (Å²) in [7, 11) is 1.69. The Balaban J connectivity index is 1.80. The maximum Gasteiger partial charge on any atom is 0.208 e. The van der Waals surface area contributed by atoms with Gasteiger partial charge in [-0.1, -0.05) is 41.1 Å². The van der Waals surface area contributed by atoms with Crippen LogP contribution >= 0.6 is 22.9 Å². The summed E-state index contributed by atoms with van der Waals surface area (Å²) in [5, 5.41) is 11.0. The third-order valence-corrected chi connectivity index (χ3v) is 4.81. The van der Waals surface area contributed by atoms with Crippen molar-refractivity contribution in [3.8, 4) is 10.6 Å². The van der Waals surface area contributed by atoms with Crippen molar-refractivity contribution in [1.82, 2.24) is 10.2 Å². The van der Waals surface area contributed by atoms with E-state index in [1.54, 1.807) is 18.4 Å². The number of hydrogen-bond donors (Lipinski definition) is 0. The minimum absolute atomic E-state index is 0.0569. The van der Waals surface area contributed by atoms with Crippen LogP contribution in [0.2, 0.25) is 5.02 Å². The van der Waals surface area contributed by atoms with Crippen LogP contribution in [0.25, 0.3) is 10.6 Å². The fraction of sp³-hybridized carbons (Fsp3) is 0.467. The first-order valence-electron chi connectivity index (χ1n) is 7.15. The van der Waals surface area contributed by atoms with Crippen LogP contribution in [0.4, 0.5) is 5.13 Å². The summed E-state index contributed by atoms with van der Waals surface area (Å²) in [6.45, 7) is 4.20. The number of anilines is 1. The van der Waals surface area contributed by atoms with Gasteiger partial charge in [0.2, 0.25) is 5.13 Å². The molecule has 7 heteroatoms. The van der Waals surface area contributed by atoms with Crippen molar-refractivity contribution in [3.05, 3.63) is 29.3 Å². The van der Waals surface area contributed by atoms with E-state index in [1.807, 2.05) is 24.3 Å². The third-order valence-electron chi connectivity index (χ3n) is 3.47. The van der Waals surface area contributed by atoms with Gasteiger partial charge in [0.15, 0.2) is 5.01 Å². The molecule has 0 amide bonds. The lowest BCUT2D eigenvalue weighted by Gasteiger charge is -2.36. The van der Waals surface area contributed by atoms with E-state index in [0.29, 0.717) is 11.6 Å². The Morgan fingerprint density at radius 2 is 2.18 bits per heavy atom. The van der Waals surface area contributed by atoms with Gasteiger partial charge in [-0.05, 0) is 13.0 Å². The van der Waals surface area contributed by atoms with Crippen LogP contribution in [-0.2, 0) is 9.47 Å². The Bertz CT molecular complexity index is 637. The zero-order valence-electron chi connectivity index (χ0n) is 12.5. The molecule has 0 aliphatic carbocycles. The van der Waals surface area contributed by atoms with Crippen LogP contribution in [0, 0.1) is 0 Å². The predicted molar refractivity (Wildman–Crippen MR) is 88.8 cm³/mol. The van der Waals surface area contributed by atoms with E-state index in [9.17, 15) is 0 Å². The topological polar surface area (TPSA) is 47.5 Å². The molecule has 2 aromatic rings. The quantitative estimate of drug-likeness (QED) is 0.856. The second-order valence-electron chi connectivity index (χ2n) is 5.30. The van der Waals surface area contributed by atoms with Gasteiger partial charge < -0.3 is 14.4 Å². The monoisotopic (exact) mass is 339 g/mol. The number of hydrogen-bond acceptors (Lipinski definition) is 6. The van der Waals surface area contributed by atoms with Crippen molar-refractivity contribution < 1.29 is 9.47 Å². The van der Waals surface area contributed by atoms with Crippen LogP contribution in [0.15, 0.2) is 24.3 Å². The number of ether oxygens (including phenoxy) is 2. The van der Waals surface area contributed by atoms with Gasteiger partial charge in [-0.25, -0.2) is 0 Å². The highest BCUT2D eigenvalue weighted by Crippen LogP contribution is 2.33. The molecule has 1 aliphatic heterocycles. The molecule has 22 heavy (non-hydrogen) atoms. The number of methoxy groups -OCH3 is 1. The summed E-state index contributed by atoms with van der Waals surface area (Å²) in [5.41, 5.74) is 0.919. The Morgan fingerprint density at radius 3 is 2.95 bits per heavy atom. The van der Waals surface area contributed by atoms with E-state index in [2.05, 4.69) is 22.0 Å². The summed E-state index contributed by atoms with van der Waals surface area (Å²) in [5.74, 6) is 0. The zero-order valence-corrected chi connectivity index (χ0v) is 14.1. The standard InChI is InChI=1S/C15H18ClN3O2S/c1-10-7-19(8-11(21-10)9-20-2)15-18-17-14(22-15)12-5-3-4-6-13(12)16/h3-6,10-11H,7-9H2,1-2H3. The second kappa shape index (κ2) is 6.91. The maximum atomic E-state index is 6.23. The number of rotatable bonds is 4. The molecule has 2 heterocycles. The highest BCUT2D eigenvalue weighted by molar-refractivity contribution is 7.18. The van der Waals surface area contributed by atoms with Crippen molar-refractivity contribution >= 4 is 28.1 Å². The fourth-order valence-electron chi connectivity index (χ4n) is 2.57. The van der Waals surface area contributed by atoms with E-state index < -0.39 is 0 Å². The number of aromatic nitrogens is 2. The Kier molecular flexibility index (Phi) is 4.93. The molecule has 0 spiro atoms. The lowest BCUT2D eigenvalue weighted by molar-refractivity contribution is -0.0511. The molecule has 0 radical (unpaired) electrons. The van der Waals surface area contributed by atoms with E-state index in [1.165, 1.54) is 0 Å². The van der Waals surface area contributed by atoms with Crippen LogP contribution in [0.5, 0.6) is 0 Å². The highest BCUT2D eigenvalue weighted by Gasteiger charge is 2.27. The molecule has 1 aromatic heterocycles. The van der Waals surface area contributed by atoms with Gasteiger partial charge in [-0.2, -0.15) is 0 Å². The average molecular weight is 340 g/mol. The lowest BCUT2D eigenvalue weighted by atomic mass is 10.2. The van der Waals surface area contributed by atoms with Crippen molar-refractivity contribution in [2.75, 3.05) is 31.7 Å². The van der Waals surface area contributed by atoms with E-state index in [-0.39, 0.29) is 12.2 Å². The maximum absolute atomic E-state index is 6.23. The molecule has 0 bridgehead atoms. The Hall–Kier alpha value is -1.21. The summed E-state index contributed by atoms with van der Waals surface area (Å²) in [6, 6.07) is 7.69. The smallest absolute Gasteiger partial charge is 0.208 e. The summed E-state index contributed by atoms with van der Waals surface area (Å²) in [6.07, 6.45) is 0.197. The molecule has 118 valence electrons. The first-order chi connectivity index (χ1) is 10.7. The third kappa shape index (κ3) is 3.41. The van der Waals surface area contributed by atoms with Gasteiger partial charge in [0.1, 0.15) is 0 Å². The van der Waals surface area contributed by atoms with Gasteiger partial charge in [0.05, 0.1) is 23.8 Å². The lowest BCUT2D eigenvalue weighted by Crippen LogP contribution is -2.48. The van der Waals surface area contributed by atoms with Crippen LogP contribution in [0.3, 0.4) is 0 Å². The summed E-state index contributed by atoms with van der Waals surface area (Å²) < 4.78 is 11.1. The van der Waals surface area contributed by atoms with Crippen molar-refractivity contribution in [2.24, 2.45) is 0 Å². The molecule has 5 nitrogen and oxygen atoms in total. The number of nitrogens with zero attached hydrogens (tertiary/aromatic N) is 3. The van der Waals surface area contributed by atoms with E-state index in [4.69, 9.17) is 21.1 Å². The molecule has 2 unspecified atom stereocenters. The Morgan fingerprint density at radius 1 is 1.36 bits per heavy atom. The van der Waals surface area contributed by atoms with Crippen LogP contribution in [-0.4, -0.2) is 49.2 Å². The molecule has 1 fully saturated rings. The molecule has 2 atom stereocenters. The zero-order chi connectivity index (χ0) is 15.5. The second-order valence-corrected chi connectivity index (χ2v) is 6.66. The minimum Gasteiger partial charge on any atom is -0.382 e. The SMILES string of the molecule is COCC1CN(c2nnc(-c3ccccc3Cl)s2)CC(C)O1. The predicted octanol–water partition coefficient (Wildman–Crippen LogP) is 3.10. The Labute approximate surface area is 138 Å². The first kappa shape index (κ1) is 15.7. The average Bonchev–Trinajstić information content (AvgIpc) is 2.97. The molecule has 0 saturated carbocycles. The molecular weight excluding hydrogens is 322 g/mol. The van der Waals surface area contributed by atoms with Crippen molar-refractivity contribution in [1.29, 1.82) is 0 Å². The number of benzene rings is 1. The van der Waals surface area contributed by atoms with Gasteiger partial charge >= 0.3 is 0 Å². The summed E-state index contributed by atoms with van der Waals surface area (Å²) in [4.78, 5) is 2.20. The largest absolute Gasteiger partial charge is 0.382 e.